The molecule has 0 unspecified atom stereocenters. The highest BCUT2D eigenvalue weighted by Gasteiger charge is 2.43. The molecule has 1 heterocycles. The monoisotopic (exact) mass is 424 g/mol. The number of rotatable bonds is 1. The van der Waals surface area contributed by atoms with E-state index in [4.69, 9.17) is 34.2 Å². The number of alkyl halides is 6. The molecule has 1 aromatic heterocycles. The lowest BCUT2D eigenvalue weighted by molar-refractivity contribution is -0.142. The van der Waals surface area contributed by atoms with Crippen molar-refractivity contribution in [3.05, 3.63) is 38.5 Å². The Bertz CT molecular complexity index is 910. The number of benzene rings is 1. The van der Waals surface area contributed by atoms with Gasteiger partial charge in [-0.25, -0.2) is 13.5 Å². The summed E-state index contributed by atoms with van der Waals surface area (Å²) in [7, 11) is 0. The van der Waals surface area contributed by atoms with Crippen LogP contribution in [0.5, 0.6) is 0 Å². The van der Waals surface area contributed by atoms with Crippen LogP contribution in [0.2, 0.25) is 10.0 Å². The normalized spacial score (nSPS) is 12.3. The van der Waals surface area contributed by atoms with E-state index >= 15 is 0 Å². The van der Waals surface area contributed by atoms with Crippen LogP contribution >= 0.6 is 23.2 Å². The van der Waals surface area contributed by atoms with Crippen molar-refractivity contribution in [2.75, 3.05) is 5.73 Å². The molecule has 0 aliphatic carbocycles. The molecule has 0 atom stereocenters. The summed E-state index contributed by atoms with van der Waals surface area (Å²) in [6.45, 7) is 0. The maximum absolute atomic E-state index is 13.9. The van der Waals surface area contributed by atoms with E-state index in [1.54, 1.807) is 0 Å². The largest absolute Gasteiger partial charge is 0.436 e. The van der Waals surface area contributed by atoms with Gasteiger partial charge in [0.2, 0.25) is 0 Å². The van der Waals surface area contributed by atoms with Crippen molar-refractivity contribution in [2.24, 2.45) is 0 Å². The van der Waals surface area contributed by atoms with Crippen LogP contribution in [0.15, 0.2) is 0 Å². The van der Waals surface area contributed by atoms with Crippen molar-refractivity contribution in [2.45, 2.75) is 12.4 Å². The molecule has 26 heavy (non-hydrogen) atoms. The van der Waals surface area contributed by atoms with Gasteiger partial charge in [0.1, 0.15) is 38.7 Å². The second kappa shape index (κ2) is 6.17. The van der Waals surface area contributed by atoms with Crippen LogP contribution < -0.4 is 5.73 Å². The number of aromatic nitrogens is 2. The van der Waals surface area contributed by atoms with Gasteiger partial charge in [-0.15, -0.1) is 0 Å². The highest BCUT2D eigenvalue weighted by atomic mass is 35.5. The van der Waals surface area contributed by atoms with Gasteiger partial charge in [0, 0.05) is 0 Å². The molecule has 0 saturated carbocycles. The molecular formula is C12H2Cl2F8N4. The lowest BCUT2D eigenvalue weighted by Gasteiger charge is -2.16. The minimum absolute atomic E-state index is 0.0572. The van der Waals surface area contributed by atoms with Crippen LogP contribution in [-0.4, -0.2) is 9.78 Å². The molecule has 14 heteroatoms. The molecule has 0 radical (unpaired) electrons. The first-order valence-corrected chi connectivity index (χ1v) is 6.78. The summed E-state index contributed by atoms with van der Waals surface area (Å²) in [5, 5.41) is 8.67. The van der Waals surface area contributed by atoms with Gasteiger partial charge in [0.25, 0.3) is 0 Å². The molecule has 2 N–H and O–H groups in total. The Morgan fingerprint density at radius 1 is 0.962 bits per heavy atom. The molecule has 0 aliphatic rings. The first kappa shape index (κ1) is 20.1. The van der Waals surface area contributed by atoms with Gasteiger partial charge < -0.3 is 5.73 Å². The summed E-state index contributed by atoms with van der Waals surface area (Å²) in [5.74, 6) is -5.75. The standard InChI is InChI=1S/C12H2Cl2F8N4/c13-4-6(15)3(11(17,18)19)7(16)5(14)8(4)26-10(24)2(1-23)9(25-26)12(20,21)22/h24H2. The van der Waals surface area contributed by atoms with Crippen molar-refractivity contribution >= 4 is 29.0 Å². The van der Waals surface area contributed by atoms with Crippen LogP contribution in [0.4, 0.5) is 40.9 Å². The van der Waals surface area contributed by atoms with Gasteiger partial charge in [0.15, 0.2) is 17.3 Å². The average Bonchev–Trinajstić information content (AvgIpc) is 2.81. The third-order valence-electron chi connectivity index (χ3n) is 3.04. The van der Waals surface area contributed by atoms with E-state index in [0.29, 0.717) is 0 Å². The molecule has 0 fully saturated rings. The molecule has 0 bridgehead atoms. The number of anilines is 1. The van der Waals surface area contributed by atoms with Crippen molar-refractivity contribution in [3.8, 4) is 11.8 Å². The van der Waals surface area contributed by atoms with Crippen LogP contribution in [0.3, 0.4) is 0 Å². The van der Waals surface area contributed by atoms with E-state index in [1.807, 2.05) is 0 Å². The Hall–Kier alpha value is -2.26. The second-order valence-electron chi connectivity index (χ2n) is 4.61. The fraction of sp³-hybridized carbons (Fsp3) is 0.167. The lowest BCUT2D eigenvalue weighted by Crippen LogP contribution is -2.15. The fourth-order valence-corrected chi connectivity index (χ4v) is 2.55. The molecule has 0 amide bonds. The molecule has 0 spiro atoms. The molecule has 2 rings (SSSR count). The van der Waals surface area contributed by atoms with Crippen LogP contribution in [0.25, 0.3) is 5.69 Å². The zero-order valence-electron chi connectivity index (χ0n) is 11.7. The fourth-order valence-electron chi connectivity index (χ4n) is 1.97. The van der Waals surface area contributed by atoms with Crippen LogP contribution in [0, 0.1) is 23.0 Å². The van der Waals surface area contributed by atoms with Crippen molar-refractivity contribution in [3.63, 3.8) is 0 Å². The second-order valence-corrected chi connectivity index (χ2v) is 5.36. The molecule has 0 saturated heterocycles. The SMILES string of the molecule is N#Cc1c(C(F)(F)F)nn(-c2c(Cl)c(F)c(C(F)(F)F)c(F)c2Cl)c1N. The first-order valence-electron chi connectivity index (χ1n) is 6.02. The maximum Gasteiger partial charge on any atom is 0.436 e. The maximum atomic E-state index is 13.9. The van der Waals surface area contributed by atoms with Crippen molar-refractivity contribution < 1.29 is 35.1 Å². The predicted octanol–water partition coefficient (Wildman–Crippen LogP) is 4.95. The summed E-state index contributed by atoms with van der Waals surface area (Å²) in [5.41, 5.74) is -1.44. The Morgan fingerprint density at radius 3 is 1.73 bits per heavy atom. The number of hydrogen-bond donors (Lipinski definition) is 1. The topological polar surface area (TPSA) is 67.6 Å². The number of nitrogens with two attached hydrogens (primary N) is 1. The van der Waals surface area contributed by atoms with Gasteiger partial charge in [-0.2, -0.15) is 36.7 Å². The number of nitriles is 1. The molecule has 0 aliphatic heterocycles. The quantitative estimate of drug-likeness (QED) is 0.520. The van der Waals surface area contributed by atoms with E-state index in [0.717, 1.165) is 6.07 Å². The predicted molar refractivity (Wildman–Crippen MR) is 72.6 cm³/mol. The summed E-state index contributed by atoms with van der Waals surface area (Å²) < 4.78 is 105. The Morgan fingerprint density at radius 2 is 1.42 bits per heavy atom. The summed E-state index contributed by atoms with van der Waals surface area (Å²) >= 11 is 10.8. The number of hydrogen-bond acceptors (Lipinski definition) is 3. The minimum atomic E-state index is -5.54. The zero-order valence-corrected chi connectivity index (χ0v) is 13.2. The van der Waals surface area contributed by atoms with E-state index in [1.165, 1.54) is 0 Å². The highest BCUT2D eigenvalue weighted by molar-refractivity contribution is 6.38. The van der Waals surface area contributed by atoms with E-state index in [2.05, 4.69) is 5.10 Å². The van der Waals surface area contributed by atoms with Gasteiger partial charge >= 0.3 is 12.4 Å². The third-order valence-corrected chi connectivity index (χ3v) is 3.73. The zero-order chi connectivity index (χ0) is 20.2. The summed E-state index contributed by atoms with van der Waals surface area (Å²) in [4.78, 5) is 0. The number of nitrogens with zero attached hydrogens (tertiary/aromatic N) is 3. The highest BCUT2D eigenvalue weighted by Crippen LogP contribution is 2.44. The van der Waals surface area contributed by atoms with Crippen molar-refractivity contribution in [1.29, 1.82) is 5.26 Å². The molecule has 1 aromatic carbocycles. The molecular weight excluding hydrogens is 423 g/mol. The molecule has 140 valence electrons. The molecule has 4 nitrogen and oxygen atoms in total. The molecule has 2 aromatic rings. The van der Waals surface area contributed by atoms with E-state index in [-0.39, 0.29) is 4.68 Å². The first-order chi connectivity index (χ1) is 11.7. The summed E-state index contributed by atoms with van der Waals surface area (Å²) in [6, 6.07) is 1.08. The van der Waals surface area contributed by atoms with Gasteiger partial charge in [0.05, 0.1) is 0 Å². The number of nitrogen functional groups attached to an aromatic ring is 1. The minimum Gasteiger partial charge on any atom is -0.382 e. The summed E-state index contributed by atoms with van der Waals surface area (Å²) in [6.07, 6.45) is -10.7. The Kier molecular flexibility index (Phi) is 4.76. The van der Waals surface area contributed by atoms with Crippen LogP contribution in [-0.2, 0) is 12.4 Å². The van der Waals surface area contributed by atoms with E-state index in [9.17, 15) is 35.1 Å². The lowest BCUT2D eigenvalue weighted by atomic mass is 10.1. The van der Waals surface area contributed by atoms with Gasteiger partial charge in [-0.1, -0.05) is 23.2 Å². The van der Waals surface area contributed by atoms with Gasteiger partial charge in [-0.05, 0) is 0 Å². The van der Waals surface area contributed by atoms with Gasteiger partial charge in [-0.3, -0.25) is 0 Å². The number of halogens is 10. The third kappa shape index (κ3) is 3.01. The Balaban J connectivity index is 2.93. The smallest absolute Gasteiger partial charge is 0.382 e. The average molecular weight is 425 g/mol. The van der Waals surface area contributed by atoms with Crippen molar-refractivity contribution in [1.82, 2.24) is 9.78 Å². The van der Waals surface area contributed by atoms with Crippen LogP contribution in [0.1, 0.15) is 16.8 Å². The van der Waals surface area contributed by atoms with E-state index < -0.39 is 62.4 Å². The Labute approximate surface area is 148 Å².